The first-order valence-electron chi connectivity index (χ1n) is 10.5. The van der Waals surface area contributed by atoms with Crippen molar-refractivity contribution in [2.45, 2.75) is 105 Å². The fourth-order valence-corrected chi connectivity index (χ4v) is 5.85. The van der Waals surface area contributed by atoms with Gasteiger partial charge in [-0.25, -0.2) is 0 Å². The van der Waals surface area contributed by atoms with Gasteiger partial charge in [-0.3, -0.25) is 0 Å². The largest absolute Gasteiger partial charge is 0.311 e. The first-order valence-corrected chi connectivity index (χ1v) is 10.5. The van der Waals surface area contributed by atoms with Gasteiger partial charge in [-0.05, 0) is 67.7 Å². The van der Waals surface area contributed by atoms with Gasteiger partial charge in [-0.2, -0.15) is 0 Å². The van der Waals surface area contributed by atoms with Crippen LogP contribution in [0.3, 0.4) is 0 Å². The Bertz CT molecular complexity index is 391. The minimum Gasteiger partial charge on any atom is -0.311 e. The molecule has 0 heterocycles. The fourth-order valence-electron chi connectivity index (χ4n) is 5.85. The molecule has 0 radical (unpaired) electrons. The van der Waals surface area contributed by atoms with Crippen LogP contribution in [-0.4, -0.2) is 12.1 Å². The van der Waals surface area contributed by atoms with Crippen LogP contribution in [0.15, 0.2) is 0 Å². The molecule has 1 N–H and O–H groups in total. The summed E-state index contributed by atoms with van der Waals surface area (Å²) in [5.74, 6) is 2.69. The summed E-state index contributed by atoms with van der Waals surface area (Å²) in [5.41, 5.74) is 1.23. The summed E-state index contributed by atoms with van der Waals surface area (Å²) >= 11 is 0. The maximum absolute atomic E-state index is 4.10. The van der Waals surface area contributed by atoms with Crippen molar-refractivity contribution in [2.24, 2.45) is 28.6 Å². The molecule has 0 spiro atoms. The summed E-state index contributed by atoms with van der Waals surface area (Å²) in [6.45, 7) is 18.6. The number of hydrogen-bond donors (Lipinski definition) is 1. The van der Waals surface area contributed by atoms with E-state index in [0.29, 0.717) is 16.4 Å². The van der Waals surface area contributed by atoms with Gasteiger partial charge in [0.1, 0.15) is 0 Å². The molecular weight excluding hydrogens is 278 g/mol. The van der Waals surface area contributed by atoms with Crippen LogP contribution in [0.2, 0.25) is 0 Å². The zero-order chi connectivity index (χ0) is 17.3. The number of hydrogen-bond acceptors (Lipinski definition) is 1. The smallest absolute Gasteiger partial charge is 0.0212 e. The molecule has 2 saturated carbocycles. The molecule has 0 saturated heterocycles. The van der Waals surface area contributed by atoms with E-state index in [1.165, 1.54) is 57.9 Å². The summed E-state index contributed by atoms with van der Waals surface area (Å²) in [6.07, 6.45) is 11.1. The summed E-state index contributed by atoms with van der Waals surface area (Å²) in [4.78, 5) is 0. The van der Waals surface area contributed by atoms with Crippen molar-refractivity contribution in [3.8, 4) is 0 Å². The van der Waals surface area contributed by atoms with Gasteiger partial charge in [0.15, 0.2) is 0 Å². The Kier molecular flexibility index (Phi) is 5.92. The molecule has 2 fully saturated rings. The van der Waals surface area contributed by atoms with E-state index in [2.05, 4.69) is 53.8 Å². The molecule has 0 bridgehead atoms. The molecule has 0 aliphatic heterocycles. The van der Waals surface area contributed by atoms with Crippen molar-refractivity contribution in [1.82, 2.24) is 5.32 Å². The van der Waals surface area contributed by atoms with E-state index in [1.807, 2.05) is 0 Å². The third kappa shape index (κ3) is 3.37. The van der Waals surface area contributed by atoms with Crippen molar-refractivity contribution in [3.63, 3.8) is 0 Å². The van der Waals surface area contributed by atoms with E-state index in [4.69, 9.17) is 0 Å². The summed E-state index contributed by atoms with van der Waals surface area (Å²) in [5, 5.41) is 4.10. The molecule has 2 aliphatic rings. The minimum absolute atomic E-state index is 0.306. The highest BCUT2D eigenvalue weighted by Gasteiger charge is 2.62. The Hall–Kier alpha value is -0.0400. The molecule has 0 amide bonds. The van der Waals surface area contributed by atoms with Crippen LogP contribution in [0.1, 0.15) is 99.8 Å². The lowest BCUT2D eigenvalue weighted by Gasteiger charge is -2.61. The SMILES string of the molecule is CCCC(C)(C1CC1C)C1(C)CCCCC1(C)NCC(C)CC. The van der Waals surface area contributed by atoms with Crippen LogP contribution in [0.5, 0.6) is 0 Å². The number of nitrogens with one attached hydrogen (secondary N) is 1. The van der Waals surface area contributed by atoms with Gasteiger partial charge in [-0.15, -0.1) is 0 Å². The molecule has 6 unspecified atom stereocenters. The average molecular weight is 322 g/mol. The van der Waals surface area contributed by atoms with Crippen molar-refractivity contribution in [1.29, 1.82) is 0 Å². The van der Waals surface area contributed by atoms with Crippen LogP contribution < -0.4 is 5.32 Å². The van der Waals surface area contributed by atoms with E-state index in [-0.39, 0.29) is 0 Å². The molecule has 0 aromatic heterocycles. The molecule has 0 aromatic rings. The van der Waals surface area contributed by atoms with Crippen molar-refractivity contribution >= 4 is 0 Å². The zero-order valence-corrected chi connectivity index (χ0v) is 17.1. The van der Waals surface area contributed by atoms with Crippen LogP contribution in [0, 0.1) is 28.6 Å². The first-order chi connectivity index (χ1) is 10.7. The quantitative estimate of drug-likeness (QED) is 0.543. The zero-order valence-electron chi connectivity index (χ0n) is 17.1. The fraction of sp³-hybridized carbons (Fsp3) is 1.00. The maximum Gasteiger partial charge on any atom is 0.0212 e. The van der Waals surface area contributed by atoms with Gasteiger partial charge in [0.05, 0.1) is 0 Å². The standard InChI is InChI=1S/C22H43N/c1-8-12-20(5,19-15-18(19)4)21(6)13-10-11-14-22(21,7)23-16-17(3)9-2/h17-19,23H,8-16H2,1-7H3. The lowest BCUT2D eigenvalue weighted by atomic mass is 9.48. The van der Waals surface area contributed by atoms with E-state index in [0.717, 1.165) is 17.8 Å². The highest BCUT2D eigenvalue weighted by atomic mass is 15.0. The monoisotopic (exact) mass is 321 g/mol. The highest BCUT2D eigenvalue weighted by molar-refractivity contribution is 5.14. The van der Waals surface area contributed by atoms with E-state index < -0.39 is 0 Å². The van der Waals surface area contributed by atoms with Gasteiger partial charge >= 0.3 is 0 Å². The van der Waals surface area contributed by atoms with Gasteiger partial charge in [-0.1, -0.05) is 67.2 Å². The van der Waals surface area contributed by atoms with Crippen molar-refractivity contribution in [3.05, 3.63) is 0 Å². The third-order valence-corrected chi connectivity index (χ3v) is 8.32. The predicted molar refractivity (Wildman–Crippen MR) is 103 cm³/mol. The van der Waals surface area contributed by atoms with Gasteiger partial charge < -0.3 is 5.32 Å². The Morgan fingerprint density at radius 1 is 1.17 bits per heavy atom. The Morgan fingerprint density at radius 2 is 1.78 bits per heavy atom. The average Bonchev–Trinajstić information content (AvgIpc) is 3.25. The van der Waals surface area contributed by atoms with E-state index in [9.17, 15) is 0 Å². The van der Waals surface area contributed by atoms with E-state index >= 15 is 0 Å². The molecule has 2 aliphatic carbocycles. The number of rotatable bonds is 8. The molecule has 6 atom stereocenters. The van der Waals surface area contributed by atoms with Gasteiger partial charge in [0, 0.05) is 5.54 Å². The van der Waals surface area contributed by atoms with Gasteiger partial charge in [0.2, 0.25) is 0 Å². The molecular formula is C22H43N. The second-order valence-electron chi connectivity index (χ2n) is 9.75. The van der Waals surface area contributed by atoms with Crippen molar-refractivity contribution < 1.29 is 0 Å². The summed E-state index contributed by atoms with van der Waals surface area (Å²) in [7, 11) is 0. The molecule has 136 valence electrons. The third-order valence-electron chi connectivity index (χ3n) is 8.32. The predicted octanol–water partition coefficient (Wildman–Crippen LogP) is 6.42. The topological polar surface area (TPSA) is 12.0 Å². The molecule has 1 nitrogen and oxygen atoms in total. The van der Waals surface area contributed by atoms with Crippen LogP contribution >= 0.6 is 0 Å². The highest BCUT2D eigenvalue weighted by Crippen LogP contribution is 2.66. The second kappa shape index (κ2) is 7.06. The molecule has 0 aromatic carbocycles. The molecule has 1 heteroatoms. The lowest BCUT2D eigenvalue weighted by molar-refractivity contribution is -0.0794. The normalized spacial score (nSPS) is 41.3. The molecule has 23 heavy (non-hydrogen) atoms. The minimum atomic E-state index is 0.306. The van der Waals surface area contributed by atoms with Crippen LogP contribution in [0.25, 0.3) is 0 Å². The Labute approximate surface area is 146 Å². The van der Waals surface area contributed by atoms with Crippen LogP contribution in [-0.2, 0) is 0 Å². The summed E-state index contributed by atoms with van der Waals surface area (Å²) < 4.78 is 0. The maximum atomic E-state index is 4.10. The first kappa shape index (κ1) is 19.3. The lowest BCUT2D eigenvalue weighted by Crippen LogP contribution is -2.64. The van der Waals surface area contributed by atoms with Crippen molar-refractivity contribution in [2.75, 3.05) is 6.54 Å². The Morgan fingerprint density at radius 3 is 2.30 bits per heavy atom. The van der Waals surface area contributed by atoms with Crippen LogP contribution in [0.4, 0.5) is 0 Å². The molecule has 2 rings (SSSR count). The second-order valence-corrected chi connectivity index (χ2v) is 9.75. The summed E-state index contributed by atoms with van der Waals surface area (Å²) in [6, 6.07) is 0. The Balaban J connectivity index is 2.28. The van der Waals surface area contributed by atoms with E-state index in [1.54, 1.807) is 0 Å². The van der Waals surface area contributed by atoms with Gasteiger partial charge in [0.25, 0.3) is 0 Å².